The summed E-state index contributed by atoms with van der Waals surface area (Å²) in [5, 5.41) is 3.45. The van der Waals surface area contributed by atoms with E-state index in [2.05, 4.69) is 12.2 Å². The Hall–Kier alpha value is -0.0800. The average molecular weight is 156 g/mol. The van der Waals surface area contributed by atoms with Crippen LogP contribution in [0.25, 0.3) is 0 Å². The van der Waals surface area contributed by atoms with Gasteiger partial charge >= 0.3 is 0 Å². The molecular weight excluding hydrogens is 136 g/mol. The number of nitrogens with one attached hydrogen (secondary N) is 1. The van der Waals surface area contributed by atoms with Gasteiger partial charge in [-0.2, -0.15) is 0 Å². The number of rotatable bonds is 6. The highest BCUT2D eigenvalue weighted by atomic mass is 14.9. The minimum Gasteiger partial charge on any atom is -0.328 e. The van der Waals surface area contributed by atoms with E-state index >= 15 is 0 Å². The van der Waals surface area contributed by atoms with E-state index in [9.17, 15) is 0 Å². The second kappa shape index (κ2) is 4.73. The van der Waals surface area contributed by atoms with Gasteiger partial charge in [0.15, 0.2) is 0 Å². The fourth-order valence-corrected chi connectivity index (χ4v) is 1.18. The third-order valence-corrected chi connectivity index (χ3v) is 2.14. The summed E-state index contributed by atoms with van der Waals surface area (Å²) in [6.07, 6.45) is 5.27. The average Bonchev–Trinajstić information content (AvgIpc) is 2.70. The van der Waals surface area contributed by atoms with Crippen LogP contribution >= 0.6 is 0 Å². The van der Waals surface area contributed by atoms with Gasteiger partial charge in [0.05, 0.1) is 0 Å². The van der Waals surface area contributed by atoms with Crippen molar-refractivity contribution in [3.63, 3.8) is 0 Å². The van der Waals surface area contributed by atoms with Crippen molar-refractivity contribution in [1.29, 1.82) is 0 Å². The summed E-state index contributed by atoms with van der Waals surface area (Å²) in [4.78, 5) is 0. The molecule has 1 unspecified atom stereocenters. The van der Waals surface area contributed by atoms with Crippen molar-refractivity contribution in [3.05, 3.63) is 0 Å². The van der Waals surface area contributed by atoms with Crippen molar-refractivity contribution in [2.24, 2.45) is 11.7 Å². The standard InChI is InChI=1S/C9H20N2/c1-8(10)3-2-6-11-7-9-4-5-9/h8-9,11H,2-7,10H2,1H3. The Labute approximate surface area is 69.5 Å². The van der Waals surface area contributed by atoms with E-state index < -0.39 is 0 Å². The van der Waals surface area contributed by atoms with Crippen LogP contribution in [0.3, 0.4) is 0 Å². The lowest BCUT2D eigenvalue weighted by Crippen LogP contribution is -2.21. The molecular formula is C9H20N2. The van der Waals surface area contributed by atoms with E-state index in [1.165, 1.54) is 25.8 Å². The summed E-state index contributed by atoms with van der Waals surface area (Å²) < 4.78 is 0. The Morgan fingerprint density at radius 2 is 2.27 bits per heavy atom. The molecule has 0 spiro atoms. The quantitative estimate of drug-likeness (QED) is 0.565. The third-order valence-electron chi connectivity index (χ3n) is 2.14. The van der Waals surface area contributed by atoms with Gasteiger partial charge in [0.2, 0.25) is 0 Å². The van der Waals surface area contributed by atoms with Crippen molar-refractivity contribution < 1.29 is 0 Å². The molecule has 1 aliphatic carbocycles. The summed E-state index contributed by atoms with van der Waals surface area (Å²) in [6.45, 7) is 4.46. The van der Waals surface area contributed by atoms with Crippen molar-refractivity contribution in [1.82, 2.24) is 5.32 Å². The van der Waals surface area contributed by atoms with Crippen LogP contribution in [0, 0.1) is 5.92 Å². The minimum absolute atomic E-state index is 0.373. The van der Waals surface area contributed by atoms with Gasteiger partial charge in [-0.25, -0.2) is 0 Å². The van der Waals surface area contributed by atoms with E-state index in [0.29, 0.717) is 6.04 Å². The predicted molar refractivity (Wildman–Crippen MR) is 48.5 cm³/mol. The fourth-order valence-electron chi connectivity index (χ4n) is 1.18. The zero-order valence-electron chi connectivity index (χ0n) is 7.47. The fraction of sp³-hybridized carbons (Fsp3) is 1.00. The van der Waals surface area contributed by atoms with Gasteiger partial charge in [0, 0.05) is 6.04 Å². The Bertz CT molecular complexity index is 93.7. The summed E-state index contributed by atoms with van der Waals surface area (Å²) in [6, 6.07) is 0.373. The molecule has 0 radical (unpaired) electrons. The van der Waals surface area contributed by atoms with Crippen LogP contribution in [0.15, 0.2) is 0 Å². The first kappa shape index (κ1) is 9.01. The van der Waals surface area contributed by atoms with E-state index in [-0.39, 0.29) is 0 Å². The summed E-state index contributed by atoms with van der Waals surface area (Å²) in [5.41, 5.74) is 5.62. The Kier molecular flexibility index (Phi) is 3.87. The zero-order chi connectivity index (χ0) is 8.10. The smallest absolute Gasteiger partial charge is 0.00109 e. The molecule has 0 aliphatic heterocycles. The van der Waals surface area contributed by atoms with Gasteiger partial charge in [0.25, 0.3) is 0 Å². The highest BCUT2D eigenvalue weighted by Crippen LogP contribution is 2.27. The Balaban J connectivity index is 1.73. The van der Waals surface area contributed by atoms with Gasteiger partial charge in [-0.15, -0.1) is 0 Å². The highest BCUT2D eigenvalue weighted by Gasteiger charge is 2.19. The third kappa shape index (κ3) is 5.22. The molecule has 2 nitrogen and oxygen atoms in total. The molecule has 1 atom stereocenters. The largest absolute Gasteiger partial charge is 0.328 e. The van der Waals surface area contributed by atoms with Crippen molar-refractivity contribution in [2.45, 2.75) is 38.6 Å². The molecule has 0 heterocycles. The van der Waals surface area contributed by atoms with E-state index in [1.807, 2.05) is 0 Å². The van der Waals surface area contributed by atoms with Crippen molar-refractivity contribution >= 4 is 0 Å². The maximum Gasteiger partial charge on any atom is 0.00109 e. The van der Waals surface area contributed by atoms with Crippen LogP contribution in [0.2, 0.25) is 0 Å². The highest BCUT2D eigenvalue weighted by molar-refractivity contribution is 4.75. The zero-order valence-corrected chi connectivity index (χ0v) is 7.47. The molecule has 1 rings (SSSR count). The van der Waals surface area contributed by atoms with Crippen molar-refractivity contribution in [2.75, 3.05) is 13.1 Å². The van der Waals surface area contributed by atoms with Gasteiger partial charge in [-0.1, -0.05) is 0 Å². The molecule has 3 N–H and O–H groups in total. The summed E-state index contributed by atoms with van der Waals surface area (Å²) >= 11 is 0. The first-order chi connectivity index (χ1) is 5.29. The molecule has 0 aromatic carbocycles. The van der Waals surface area contributed by atoms with Crippen LogP contribution < -0.4 is 11.1 Å². The SMILES string of the molecule is CC(N)CCCNCC1CC1. The monoisotopic (exact) mass is 156 g/mol. The topological polar surface area (TPSA) is 38.0 Å². The predicted octanol–water partition coefficient (Wildman–Crippen LogP) is 1.11. The van der Waals surface area contributed by atoms with E-state index in [1.54, 1.807) is 0 Å². The van der Waals surface area contributed by atoms with Crippen LogP contribution in [-0.4, -0.2) is 19.1 Å². The molecule has 0 saturated heterocycles. The Morgan fingerprint density at radius 3 is 2.82 bits per heavy atom. The van der Waals surface area contributed by atoms with Crippen LogP contribution in [0.5, 0.6) is 0 Å². The molecule has 0 aromatic rings. The Morgan fingerprint density at radius 1 is 1.55 bits per heavy atom. The first-order valence-corrected chi connectivity index (χ1v) is 4.75. The molecule has 0 bridgehead atoms. The maximum absolute atomic E-state index is 5.62. The molecule has 0 aromatic heterocycles. The second-order valence-electron chi connectivity index (χ2n) is 3.77. The maximum atomic E-state index is 5.62. The van der Waals surface area contributed by atoms with Gasteiger partial charge in [-0.3, -0.25) is 0 Å². The minimum atomic E-state index is 0.373. The molecule has 11 heavy (non-hydrogen) atoms. The van der Waals surface area contributed by atoms with Gasteiger partial charge in [-0.05, 0) is 51.6 Å². The molecule has 1 saturated carbocycles. The lowest BCUT2D eigenvalue weighted by atomic mass is 10.2. The molecule has 1 aliphatic rings. The van der Waals surface area contributed by atoms with E-state index in [0.717, 1.165) is 18.9 Å². The molecule has 66 valence electrons. The summed E-state index contributed by atoms with van der Waals surface area (Å²) in [7, 11) is 0. The summed E-state index contributed by atoms with van der Waals surface area (Å²) in [5.74, 6) is 1.00. The molecule has 1 fully saturated rings. The first-order valence-electron chi connectivity index (χ1n) is 4.75. The molecule has 2 heteroatoms. The lowest BCUT2D eigenvalue weighted by molar-refractivity contribution is 0.561. The number of nitrogens with two attached hydrogens (primary N) is 1. The van der Waals surface area contributed by atoms with Gasteiger partial charge < -0.3 is 11.1 Å². The normalized spacial score (nSPS) is 20.2. The van der Waals surface area contributed by atoms with Gasteiger partial charge in [0.1, 0.15) is 0 Å². The van der Waals surface area contributed by atoms with Crippen LogP contribution in [0.4, 0.5) is 0 Å². The lowest BCUT2D eigenvalue weighted by Gasteiger charge is -2.05. The van der Waals surface area contributed by atoms with E-state index in [4.69, 9.17) is 5.73 Å². The second-order valence-corrected chi connectivity index (χ2v) is 3.77. The van der Waals surface area contributed by atoms with Crippen LogP contribution in [-0.2, 0) is 0 Å². The van der Waals surface area contributed by atoms with Crippen LogP contribution in [0.1, 0.15) is 32.6 Å². The number of hydrogen-bond acceptors (Lipinski definition) is 2. The van der Waals surface area contributed by atoms with Crippen molar-refractivity contribution in [3.8, 4) is 0 Å². The number of hydrogen-bond donors (Lipinski definition) is 2. The molecule has 0 amide bonds.